The van der Waals surface area contributed by atoms with Crippen LogP contribution in [0.4, 0.5) is 0 Å². The third-order valence-corrected chi connectivity index (χ3v) is 5.46. The average Bonchev–Trinajstić information content (AvgIpc) is 2.16. The highest BCUT2D eigenvalue weighted by molar-refractivity contribution is 6.65. The van der Waals surface area contributed by atoms with E-state index in [0.717, 1.165) is 12.6 Å². The molecule has 0 bridgehead atoms. The maximum Gasteiger partial charge on any atom is 0.334 e. The zero-order chi connectivity index (χ0) is 11.0. The van der Waals surface area contributed by atoms with Gasteiger partial charge in [0.05, 0.1) is 0 Å². The van der Waals surface area contributed by atoms with E-state index in [9.17, 15) is 0 Å². The summed E-state index contributed by atoms with van der Waals surface area (Å²) in [5.41, 5.74) is 0. The fourth-order valence-electron chi connectivity index (χ4n) is 1.25. The van der Waals surface area contributed by atoms with E-state index >= 15 is 0 Å². The highest BCUT2D eigenvalue weighted by Crippen LogP contribution is 2.14. The van der Waals surface area contributed by atoms with Crippen LogP contribution in [-0.4, -0.2) is 35.4 Å². The van der Waals surface area contributed by atoms with Gasteiger partial charge in [-0.3, -0.25) is 0 Å². The summed E-state index contributed by atoms with van der Waals surface area (Å²) >= 11 is 0. The lowest BCUT2D eigenvalue weighted by Gasteiger charge is -2.22. The maximum absolute atomic E-state index is 5.41. The standard InChI is InChI=1S/C10H25NO2Si/c1-10(2)11-8-6-7-9-14(5,12-3)13-4/h10-11H,6-9H2,1-5H3. The van der Waals surface area contributed by atoms with Crippen molar-refractivity contribution in [2.75, 3.05) is 20.8 Å². The SMILES string of the molecule is CO[Si](C)(CCCCNC(C)C)OC. The summed E-state index contributed by atoms with van der Waals surface area (Å²) in [7, 11) is 1.70. The van der Waals surface area contributed by atoms with Gasteiger partial charge in [-0.25, -0.2) is 0 Å². The van der Waals surface area contributed by atoms with Crippen molar-refractivity contribution in [2.24, 2.45) is 0 Å². The van der Waals surface area contributed by atoms with Crippen LogP contribution in [0.25, 0.3) is 0 Å². The van der Waals surface area contributed by atoms with E-state index in [-0.39, 0.29) is 0 Å². The summed E-state index contributed by atoms with van der Waals surface area (Å²) in [5, 5.41) is 3.40. The van der Waals surface area contributed by atoms with Crippen molar-refractivity contribution in [2.45, 2.75) is 45.3 Å². The Bertz CT molecular complexity index is 138. The first-order valence-electron chi connectivity index (χ1n) is 5.38. The zero-order valence-corrected chi connectivity index (χ0v) is 11.2. The fraction of sp³-hybridized carbons (Fsp3) is 1.00. The molecular formula is C10H25NO2Si. The quantitative estimate of drug-likeness (QED) is 0.501. The molecule has 0 fully saturated rings. The minimum absolute atomic E-state index is 0.587. The lowest BCUT2D eigenvalue weighted by molar-refractivity contribution is 0.248. The monoisotopic (exact) mass is 219 g/mol. The number of nitrogens with one attached hydrogen (secondary N) is 1. The largest absolute Gasteiger partial charge is 0.398 e. The Morgan fingerprint density at radius 1 is 1.14 bits per heavy atom. The highest BCUT2D eigenvalue weighted by Gasteiger charge is 2.27. The van der Waals surface area contributed by atoms with Gasteiger partial charge in [0, 0.05) is 20.3 Å². The topological polar surface area (TPSA) is 30.5 Å². The van der Waals surface area contributed by atoms with Crippen LogP contribution in [-0.2, 0) is 8.85 Å². The van der Waals surface area contributed by atoms with Crippen molar-refractivity contribution in [3.8, 4) is 0 Å². The Morgan fingerprint density at radius 3 is 2.14 bits per heavy atom. The molecule has 4 heteroatoms. The van der Waals surface area contributed by atoms with Crippen molar-refractivity contribution >= 4 is 8.56 Å². The van der Waals surface area contributed by atoms with Gasteiger partial charge in [-0.2, -0.15) is 0 Å². The molecule has 0 aliphatic heterocycles. The molecule has 3 nitrogen and oxygen atoms in total. The van der Waals surface area contributed by atoms with Gasteiger partial charge in [-0.1, -0.05) is 20.3 Å². The molecule has 86 valence electrons. The first-order chi connectivity index (χ1) is 6.54. The third-order valence-electron chi connectivity index (χ3n) is 2.47. The van der Waals surface area contributed by atoms with Crippen molar-refractivity contribution in [3.05, 3.63) is 0 Å². The molecule has 0 aromatic rings. The molecule has 0 spiro atoms. The number of unbranched alkanes of at least 4 members (excludes halogenated alkanes) is 1. The van der Waals surface area contributed by atoms with Gasteiger partial charge in [0.2, 0.25) is 0 Å². The predicted molar refractivity (Wildman–Crippen MR) is 62.8 cm³/mol. The van der Waals surface area contributed by atoms with E-state index in [4.69, 9.17) is 8.85 Å². The molecule has 0 rings (SSSR count). The van der Waals surface area contributed by atoms with Gasteiger partial charge in [0.15, 0.2) is 0 Å². The van der Waals surface area contributed by atoms with E-state index in [1.807, 2.05) is 0 Å². The normalized spacial score (nSPS) is 12.4. The average molecular weight is 219 g/mol. The van der Waals surface area contributed by atoms with Crippen LogP contribution in [0.15, 0.2) is 0 Å². The third kappa shape index (κ3) is 6.54. The first kappa shape index (κ1) is 14.1. The molecule has 0 saturated heterocycles. The van der Waals surface area contributed by atoms with Gasteiger partial charge < -0.3 is 14.2 Å². The Labute approximate surface area is 89.4 Å². The summed E-state index contributed by atoms with van der Waals surface area (Å²) in [4.78, 5) is 0. The van der Waals surface area contributed by atoms with E-state index in [1.165, 1.54) is 12.8 Å². The lowest BCUT2D eigenvalue weighted by atomic mass is 10.3. The molecule has 0 radical (unpaired) electrons. The van der Waals surface area contributed by atoms with E-state index in [1.54, 1.807) is 14.2 Å². The molecular weight excluding hydrogens is 194 g/mol. The molecule has 14 heavy (non-hydrogen) atoms. The second-order valence-electron chi connectivity index (χ2n) is 4.11. The van der Waals surface area contributed by atoms with Crippen LogP contribution in [0, 0.1) is 0 Å². The number of rotatable bonds is 8. The van der Waals surface area contributed by atoms with Crippen LogP contribution in [0.2, 0.25) is 12.6 Å². The molecule has 1 N–H and O–H groups in total. The van der Waals surface area contributed by atoms with Crippen LogP contribution in [0.3, 0.4) is 0 Å². The van der Waals surface area contributed by atoms with Crippen LogP contribution < -0.4 is 5.32 Å². The van der Waals surface area contributed by atoms with Crippen LogP contribution in [0.5, 0.6) is 0 Å². The maximum atomic E-state index is 5.41. The molecule has 0 unspecified atom stereocenters. The molecule has 0 atom stereocenters. The van der Waals surface area contributed by atoms with Gasteiger partial charge in [-0.05, 0) is 25.6 Å². The Hall–Kier alpha value is 0.0969. The fourth-order valence-corrected chi connectivity index (χ4v) is 2.72. The zero-order valence-electron chi connectivity index (χ0n) is 10.2. The number of hydrogen-bond acceptors (Lipinski definition) is 3. The van der Waals surface area contributed by atoms with Crippen molar-refractivity contribution < 1.29 is 8.85 Å². The van der Waals surface area contributed by atoms with E-state index < -0.39 is 8.56 Å². The smallest absolute Gasteiger partial charge is 0.334 e. The highest BCUT2D eigenvalue weighted by atomic mass is 28.4. The lowest BCUT2D eigenvalue weighted by Crippen LogP contribution is -2.36. The van der Waals surface area contributed by atoms with Gasteiger partial charge in [-0.15, -0.1) is 0 Å². The molecule has 0 saturated carbocycles. The number of hydrogen-bond donors (Lipinski definition) is 1. The Kier molecular flexibility index (Phi) is 7.45. The summed E-state index contributed by atoms with van der Waals surface area (Å²) in [6.45, 7) is 7.55. The summed E-state index contributed by atoms with van der Waals surface area (Å²) < 4.78 is 10.8. The second kappa shape index (κ2) is 7.40. The van der Waals surface area contributed by atoms with E-state index in [2.05, 4.69) is 25.7 Å². The van der Waals surface area contributed by atoms with Crippen molar-refractivity contribution in [1.29, 1.82) is 0 Å². The first-order valence-corrected chi connectivity index (χ1v) is 7.90. The molecule has 0 aliphatic carbocycles. The van der Waals surface area contributed by atoms with Crippen molar-refractivity contribution in [1.82, 2.24) is 5.32 Å². The Balaban J connectivity index is 3.43. The van der Waals surface area contributed by atoms with Gasteiger partial charge in [0.25, 0.3) is 0 Å². The molecule has 0 aromatic carbocycles. The molecule has 0 heterocycles. The van der Waals surface area contributed by atoms with Crippen LogP contribution >= 0.6 is 0 Å². The van der Waals surface area contributed by atoms with Gasteiger partial charge in [0.1, 0.15) is 0 Å². The molecule has 0 amide bonds. The minimum Gasteiger partial charge on any atom is -0.398 e. The molecule has 0 aliphatic rings. The summed E-state index contributed by atoms with van der Waals surface area (Å²) in [5.74, 6) is 0. The Morgan fingerprint density at radius 2 is 1.71 bits per heavy atom. The summed E-state index contributed by atoms with van der Waals surface area (Å²) in [6, 6.07) is 1.67. The van der Waals surface area contributed by atoms with Crippen LogP contribution in [0.1, 0.15) is 26.7 Å². The van der Waals surface area contributed by atoms with Gasteiger partial charge >= 0.3 is 8.56 Å². The second-order valence-corrected chi connectivity index (χ2v) is 7.69. The summed E-state index contributed by atoms with van der Waals surface area (Å²) in [6.07, 6.45) is 2.39. The minimum atomic E-state index is -1.80. The predicted octanol–water partition coefficient (Wildman–Crippen LogP) is 2.13. The van der Waals surface area contributed by atoms with E-state index in [0.29, 0.717) is 6.04 Å². The van der Waals surface area contributed by atoms with Crippen molar-refractivity contribution in [3.63, 3.8) is 0 Å². The molecule has 0 aromatic heterocycles.